The number of nitrogens with zero attached hydrogens (tertiary/aromatic N) is 1. The maximum absolute atomic E-state index is 12.9. The number of hydrogen-bond donors (Lipinski definition) is 1. The predicted molar refractivity (Wildman–Crippen MR) is 66.6 cm³/mol. The predicted octanol–water partition coefficient (Wildman–Crippen LogP) is 4.85. The van der Waals surface area contributed by atoms with Crippen LogP contribution in [-0.4, -0.2) is 0 Å². The number of hydrogen-bond acceptors (Lipinski definition) is 3. The third-order valence-electron chi connectivity index (χ3n) is 2.47. The third-order valence-corrected chi connectivity index (χ3v) is 2.47. The zero-order valence-electron chi connectivity index (χ0n) is 9.61. The van der Waals surface area contributed by atoms with Gasteiger partial charge in [-0.2, -0.15) is 13.2 Å². The quantitative estimate of drug-likeness (QED) is 0.807. The minimum atomic E-state index is -4.56. The zero-order valence-corrected chi connectivity index (χ0v) is 9.61. The lowest BCUT2D eigenvalue weighted by Gasteiger charge is -2.14. The molecule has 0 spiro atoms. The number of halogens is 3. The summed E-state index contributed by atoms with van der Waals surface area (Å²) >= 11 is 0. The molecule has 0 aromatic heterocycles. The van der Waals surface area contributed by atoms with Crippen LogP contribution in [0.5, 0.6) is 0 Å². The van der Waals surface area contributed by atoms with Crippen molar-refractivity contribution in [2.45, 2.75) is 6.18 Å². The van der Waals surface area contributed by atoms with Gasteiger partial charge >= 0.3 is 6.18 Å². The van der Waals surface area contributed by atoms with Gasteiger partial charge < -0.3 is 5.32 Å². The van der Waals surface area contributed by atoms with Gasteiger partial charge in [0.05, 0.1) is 11.3 Å². The van der Waals surface area contributed by atoms with Gasteiger partial charge in [-0.1, -0.05) is 18.2 Å². The van der Waals surface area contributed by atoms with Gasteiger partial charge in [0.1, 0.15) is 5.69 Å². The van der Waals surface area contributed by atoms with Gasteiger partial charge in [-0.15, -0.1) is 4.91 Å². The van der Waals surface area contributed by atoms with Crippen LogP contribution in [0.2, 0.25) is 0 Å². The summed E-state index contributed by atoms with van der Waals surface area (Å²) in [6.07, 6.45) is -4.56. The molecule has 1 N–H and O–H groups in total. The molecule has 0 aliphatic carbocycles. The van der Waals surface area contributed by atoms with Crippen LogP contribution in [0.4, 0.5) is 30.2 Å². The number of benzene rings is 2. The molecule has 19 heavy (non-hydrogen) atoms. The highest BCUT2D eigenvalue weighted by molar-refractivity contribution is 5.66. The maximum atomic E-state index is 12.9. The van der Waals surface area contributed by atoms with E-state index in [4.69, 9.17) is 0 Å². The summed E-state index contributed by atoms with van der Waals surface area (Å²) in [4.78, 5) is 10.3. The third kappa shape index (κ3) is 3.09. The Labute approximate surface area is 107 Å². The minimum Gasteiger partial charge on any atom is -0.355 e. The molecule has 0 bridgehead atoms. The normalized spacial score (nSPS) is 11.1. The van der Waals surface area contributed by atoms with Crippen LogP contribution in [0.3, 0.4) is 0 Å². The number of nitrogens with one attached hydrogen (secondary N) is 1. The maximum Gasteiger partial charge on any atom is 0.418 e. The highest BCUT2D eigenvalue weighted by atomic mass is 19.4. The van der Waals surface area contributed by atoms with E-state index >= 15 is 0 Å². The molecule has 0 saturated carbocycles. The fourth-order valence-corrected chi connectivity index (χ4v) is 1.61. The fourth-order valence-electron chi connectivity index (χ4n) is 1.61. The first-order valence-electron chi connectivity index (χ1n) is 5.37. The Morgan fingerprint density at radius 1 is 1.00 bits per heavy atom. The van der Waals surface area contributed by atoms with Crippen LogP contribution in [0.15, 0.2) is 53.7 Å². The molecule has 0 aliphatic heterocycles. The Balaban J connectivity index is 2.42. The average Bonchev–Trinajstić information content (AvgIpc) is 2.39. The van der Waals surface area contributed by atoms with Crippen molar-refractivity contribution in [1.82, 2.24) is 0 Å². The number of anilines is 2. The Morgan fingerprint density at radius 2 is 1.68 bits per heavy atom. The Hall–Kier alpha value is -2.37. The van der Waals surface area contributed by atoms with Crippen molar-refractivity contribution in [3.63, 3.8) is 0 Å². The second-order valence-corrected chi connectivity index (χ2v) is 3.81. The summed E-state index contributed by atoms with van der Waals surface area (Å²) in [5, 5.41) is 5.18. The highest BCUT2D eigenvalue weighted by Crippen LogP contribution is 2.38. The van der Waals surface area contributed by atoms with Gasteiger partial charge in [-0.05, 0) is 35.5 Å². The lowest BCUT2D eigenvalue weighted by Crippen LogP contribution is -2.08. The highest BCUT2D eigenvalue weighted by Gasteiger charge is 2.34. The van der Waals surface area contributed by atoms with Crippen molar-refractivity contribution in [1.29, 1.82) is 0 Å². The average molecular weight is 266 g/mol. The smallest absolute Gasteiger partial charge is 0.355 e. The molecule has 98 valence electrons. The fraction of sp³-hybridized carbons (Fsp3) is 0.0769. The van der Waals surface area contributed by atoms with E-state index in [1.165, 1.54) is 12.1 Å². The van der Waals surface area contributed by atoms with Crippen molar-refractivity contribution in [2.24, 2.45) is 5.18 Å². The largest absolute Gasteiger partial charge is 0.418 e. The first-order valence-corrected chi connectivity index (χ1v) is 5.37. The van der Waals surface area contributed by atoms with Crippen LogP contribution in [0.25, 0.3) is 0 Å². The second kappa shape index (κ2) is 5.09. The van der Waals surface area contributed by atoms with Crippen molar-refractivity contribution >= 4 is 17.1 Å². The Bertz CT molecular complexity index is 582. The molecule has 0 radical (unpaired) electrons. The number of para-hydroxylation sites is 1. The van der Waals surface area contributed by atoms with Gasteiger partial charge in [0, 0.05) is 5.69 Å². The monoisotopic (exact) mass is 266 g/mol. The first-order chi connectivity index (χ1) is 9.00. The lowest BCUT2D eigenvalue weighted by molar-refractivity contribution is -0.136. The van der Waals surface area contributed by atoms with Crippen LogP contribution >= 0.6 is 0 Å². The Morgan fingerprint density at radius 3 is 2.26 bits per heavy atom. The van der Waals surface area contributed by atoms with E-state index < -0.39 is 11.7 Å². The van der Waals surface area contributed by atoms with Crippen LogP contribution in [0, 0.1) is 4.91 Å². The van der Waals surface area contributed by atoms with Gasteiger partial charge in [-0.25, -0.2) is 0 Å². The topological polar surface area (TPSA) is 41.5 Å². The van der Waals surface area contributed by atoms with Crippen molar-refractivity contribution in [3.05, 3.63) is 59.0 Å². The molecule has 0 heterocycles. The molecular weight excluding hydrogens is 257 g/mol. The van der Waals surface area contributed by atoms with E-state index in [0.717, 1.165) is 6.07 Å². The van der Waals surface area contributed by atoms with E-state index in [0.29, 0.717) is 5.69 Å². The standard InChI is InChI=1S/C13H9F3N2O/c14-13(15,16)11-8-10(18-19)6-7-12(11)17-9-4-2-1-3-5-9/h1-8,17H. The summed E-state index contributed by atoms with van der Waals surface area (Å²) in [7, 11) is 0. The summed E-state index contributed by atoms with van der Waals surface area (Å²) in [6, 6.07) is 11.6. The summed E-state index contributed by atoms with van der Waals surface area (Å²) in [6.45, 7) is 0. The van der Waals surface area contributed by atoms with Crippen molar-refractivity contribution < 1.29 is 13.2 Å². The molecule has 2 rings (SSSR count). The molecule has 0 unspecified atom stereocenters. The van der Waals surface area contributed by atoms with Gasteiger partial charge in [0.25, 0.3) is 0 Å². The molecule has 6 heteroatoms. The molecule has 0 amide bonds. The minimum absolute atomic E-state index is 0.119. The van der Waals surface area contributed by atoms with Crippen LogP contribution in [0.1, 0.15) is 5.56 Å². The lowest BCUT2D eigenvalue weighted by atomic mass is 10.1. The van der Waals surface area contributed by atoms with E-state index in [-0.39, 0.29) is 11.4 Å². The molecule has 2 aromatic carbocycles. The zero-order chi connectivity index (χ0) is 13.9. The second-order valence-electron chi connectivity index (χ2n) is 3.81. The first kappa shape index (κ1) is 13.1. The van der Waals surface area contributed by atoms with Gasteiger partial charge in [0.2, 0.25) is 0 Å². The number of nitroso groups, excluding NO2 is 1. The van der Waals surface area contributed by atoms with E-state index in [1.807, 2.05) is 0 Å². The summed E-state index contributed by atoms with van der Waals surface area (Å²) in [5.41, 5.74) is -0.773. The Kier molecular flexibility index (Phi) is 3.50. The number of rotatable bonds is 3. The van der Waals surface area contributed by atoms with E-state index in [2.05, 4.69) is 10.5 Å². The van der Waals surface area contributed by atoms with Crippen molar-refractivity contribution in [2.75, 3.05) is 5.32 Å². The molecule has 3 nitrogen and oxygen atoms in total. The molecule has 2 aromatic rings. The van der Waals surface area contributed by atoms with Crippen molar-refractivity contribution in [3.8, 4) is 0 Å². The molecule has 0 fully saturated rings. The van der Waals surface area contributed by atoms with Gasteiger partial charge in [0.15, 0.2) is 0 Å². The summed E-state index contributed by atoms with van der Waals surface area (Å²) in [5.74, 6) is 0. The molecule has 0 atom stereocenters. The molecule has 0 aliphatic rings. The molecular formula is C13H9F3N2O. The van der Waals surface area contributed by atoms with E-state index in [1.54, 1.807) is 30.3 Å². The summed E-state index contributed by atoms with van der Waals surface area (Å²) < 4.78 is 38.7. The van der Waals surface area contributed by atoms with Crippen LogP contribution in [-0.2, 0) is 6.18 Å². The molecule has 0 saturated heterocycles. The van der Waals surface area contributed by atoms with Crippen LogP contribution < -0.4 is 5.32 Å². The number of alkyl halides is 3. The van der Waals surface area contributed by atoms with E-state index in [9.17, 15) is 18.1 Å². The SMILES string of the molecule is O=Nc1ccc(Nc2ccccc2)c(C(F)(F)F)c1. The van der Waals surface area contributed by atoms with Gasteiger partial charge in [-0.3, -0.25) is 0 Å².